The summed E-state index contributed by atoms with van der Waals surface area (Å²) in [7, 11) is 1.72. The van der Waals surface area contributed by atoms with Crippen molar-refractivity contribution < 1.29 is 9.53 Å². The Bertz CT molecular complexity index is 110. The number of carbonyl (C=O) groups excluding carboxylic acids is 1. The van der Waals surface area contributed by atoms with E-state index in [-0.39, 0.29) is 0 Å². The van der Waals surface area contributed by atoms with Gasteiger partial charge in [0.2, 0.25) is 0 Å². The van der Waals surface area contributed by atoms with Crippen LogP contribution in [0.3, 0.4) is 0 Å². The molecule has 2 heteroatoms. The van der Waals surface area contributed by atoms with Gasteiger partial charge >= 0.3 is 0 Å². The van der Waals surface area contributed by atoms with Crippen LogP contribution in [0.4, 0.5) is 0 Å². The first-order valence-electron chi connectivity index (χ1n) is 3.83. The summed E-state index contributed by atoms with van der Waals surface area (Å²) >= 11 is 0. The molecule has 0 spiro atoms. The second-order valence-corrected chi connectivity index (χ2v) is 2.94. The van der Waals surface area contributed by atoms with Gasteiger partial charge in [-0.05, 0) is 18.8 Å². The highest BCUT2D eigenvalue weighted by Gasteiger charge is 2.17. The molecule has 10 heavy (non-hydrogen) atoms. The minimum absolute atomic E-state index is 0.423. The number of ether oxygens (including phenoxy) is 1. The van der Waals surface area contributed by atoms with Crippen molar-refractivity contribution in [2.45, 2.75) is 25.7 Å². The minimum Gasteiger partial charge on any atom is -0.384 e. The van der Waals surface area contributed by atoms with Crippen molar-refractivity contribution in [3.63, 3.8) is 0 Å². The molecule has 0 radical (unpaired) electrons. The maximum atomic E-state index is 10.8. The van der Waals surface area contributed by atoms with Gasteiger partial charge < -0.3 is 4.74 Å². The number of rotatable bonds is 2. The molecule has 0 aromatic rings. The standard InChI is InChI=1S/C8H14O2/c1-10-6-7-2-4-8(9)5-3-7/h7H,2-6H2,1H3. The highest BCUT2D eigenvalue weighted by molar-refractivity contribution is 5.78. The van der Waals surface area contributed by atoms with Crippen LogP contribution in [0, 0.1) is 5.92 Å². The number of methoxy groups -OCH3 is 1. The van der Waals surface area contributed by atoms with Gasteiger partial charge in [-0.15, -0.1) is 0 Å². The lowest BCUT2D eigenvalue weighted by atomic mass is 9.89. The van der Waals surface area contributed by atoms with E-state index in [4.69, 9.17) is 4.74 Å². The van der Waals surface area contributed by atoms with Gasteiger partial charge in [-0.25, -0.2) is 0 Å². The summed E-state index contributed by atoms with van der Waals surface area (Å²) < 4.78 is 5.01. The van der Waals surface area contributed by atoms with Crippen LogP contribution in [0.25, 0.3) is 0 Å². The normalized spacial score (nSPS) is 21.5. The number of hydrogen-bond acceptors (Lipinski definition) is 2. The Morgan fingerprint density at radius 2 is 2.10 bits per heavy atom. The van der Waals surface area contributed by atoms with E-state index in [9.17, 15) is 4.79 Å². The van der Waals surface area contributed by atoms with E-state index in [0.717, 1.165) is 32.3 Å². The third-order valence-electron chi connectivity index (χ3n) is 2.07. The molecule has 1 rings (SSSR count). The summed E-state index contributed by atoms with van der Waals surface area (Å²) in [6.07, 6.45) is 3.61. The van der Waals surface area contributed by atoms with E-state index in [0.29, 0.717) is 11.7 Å². The Kier molecular flexibility index (Phi) is 2.87. The van der Waals surface area contributed by atoms with Crippen LogP contribution in [-0.2, 0) is 9.53 Å². The van der Waals surface area contributed by atoms with Crippen LogP contribution in [0.2, 0.25) is 0 Å². The highest BCUT2D eigenvalue weighted by atomic mass is 16.5. The summed E-state index contributed by atoms with van der Waals surface area (Å²) in [6.45, 7) is 0.827. The van der Waals surface area contributed by atoms with Crippen molar-refractivity contribution in [3.05, 3.63) is 0 Å². The van der Waals surface area contributed by atoms with Crippen molar-refractivity contribution in [1.82, 2.24) is 0 Å². The molecule has 0 aromatic carbocycles. The molecule has 0 unspecified atom stereocenters. The molecule has 0 heterocycles. The van der Waals surface area contributed by atoms with Crippen LogP contribution in [0.1, 0.15) is 25.7 Å². The van der Waals surface area contributed by atoms with Crippen LogP contribution in [0.15, 0.2) is 0 Å². The smallest absolute Gasteiger partial charge is 0.132 e. The molecule has 0 aromatic heterocycles. The van der Waals surface area contributed by atoms with Crippen LogP contribution >= 0.6 is 0 Å². The predicted molar refractivity (Wildman–Crippen MR) is 38.8 cm³/mol. The third kappa shape index (κ3) is 2.10. The van der Waals surface area contributed by atoms with Gasteiger partial charge in [-0.2, -0.15) is 0 Å². The second-order valence-electron chi connectivity index (χ2n) is 2.94. The summed E-state index contributed by atoms with van der Waals surface area (Å²) in [6, 6.07) is 0. The van der Waals surface area contributed by atoms with Crippen molar-refractivity contribution in [1.29, 1.82) is 0 Å². The molecule has 0 amide bonds. The van der Waals surface area contributed by atoms with E-state index in [1.807, 2.05) is 0 Å². The van der Waals surface area contributed by atoms with E-state index in [1.165, 1.54) is 0 Å². The topological polar surface area (TPSA) is 26.3 Å². The van der Waals surface area contributed by atoms with Crippen molar-refractivity contribution in [2.24, 2.45) is 5.92 Å². The van der Waals surface area contributed by atoms with Gasteiger partial charge in [-0.3, -0.25) is 4.79 Å². The van der Waals surface area contributed by atoms with Crippen LogP contribution in [-0.4, -0.2) is 19.5 Å². The fourth-order valence-electron chi connectivity index (χ4n) is 1.40. The Balaban J connectivity index is 2.19. The molecular formula is C8H14O2. The number of Topliss-reactive ketones (excluding diaryl/α,β-unsaturated/α-hetero) is 1. The molecule has 1 saturated carbocycles. The third-order valence-corrected chi connectivity index (χ3v) is 2.07. The number of hydrogen-bond donors (Lipinski definition) is 0. The summed E-state index contributed by atoms with van der Waals surface area (Å²) in [4.78, 5) is 10.8. The average Bonchev–Trinajstić information content (AvgIpc) is 1.95. The van der Waals surface area contributed by atoms with Gasteiger partial charge in [0.25, 0.3) is 0 Å². The molecule has 0 N–H and O–H groups in total. The number of carbonyl (C=O) groups is 1. The molecule has 58 valence electrons. The van der Waals surface area contributed by atoms with Gasteiger partial charge in [0.1, 0.15) is 5.78 Å². The first-order chi connectivity index (χ1) is 4.83. The Hall–Kier alpha value is -0.370. The van der Waals surface area contributed by atoms with Crippen molar-refractivity contribution >= 4 is 5.78 Å². The molecule has 0 saturated heterocycles. The summed E-state index contributed by atoms with van der Waals surface area (Å²) in [5.41, 5.74) is 0. The van der Waals surface area contributed by atoms with Gasteiger partial charge in [-0.1, -0.05) is 0 Å². The van der Waals surface area contributed by atoms with E-state index in [2.05, 4.69) is 0 Å². The Morgan fingerprint density at radius 1 is 1.50 bits per heavy atom. The fraction of sp³-hybridized carbons (Fsp3) is 0.875. The zero-order valence-corrected chi connectivity index (χ0v) is 6.43. The first kappa shape index (κ1) is 7.73. The fourth-order valence-corrected chi connectivity index (χ4v) is 1.40. The molecular weight excluding hydrogens is 128 g/mol. The molecule has 2 nitrogen and oxygen atoms in total. The van der Waals surface area contributed by atoms with Gasteiger partial charge in [0.05, 0.1) is 0 Å². The van der Waals surface area contributed by atoms with E-state index in [1.54, 1.807) is 7.11 Å². The zero-order chi connectivity index (χ0) is 7.40. The van der Waals surface area contributed by atoms with E-state index < -0.39 is 0 Å². The monoisotopic (exact) mass is 142 g/mol. The average molecular weight is 142 g/mol. The zero-order valence-electron chi connectivity index (χ0n) is 6.43. The molecule has 0 atom stereocenters. The minimum atomic E-state index is 0.423. The lowest BCUT2D eigenvalue weighted by molar-refractivity contribution is -0.121. The van der Waals surface area contributed by atoms with Crippen LogP contribution in [0.5, 0.6) is 0 Å². The SMILES string of the molecule is COCC1CCC(=O)CC1. The first-order valence-corrected chi connectivity index (χ1v) is 3.83. The molecule has 1 aliphatic rings. The lowest BCUT2D eigenvalue weighted by Gasteiger charge is -2.19. The van der Waals surface area contributed by atoms with E-state index >= 15 is 0 Å². The maximum absolute atomic E-state index is 10.8. The van der Waals surface area contributed by atoms with Crippen molar-refractivity contribution in [3.8, 4) is 0 Å². The second kappa shape index (κ2) is 3.71. The maximum Gasteiger partial charge on any atom is 0.132 e. The molecule has 0 aliphatic heterocycles. The van der Waals surface area contributed by atoms with Crippen LogP contribution < -0.4 is 0 Å². The number of ketones is 1. The Morgan fingerprint density at radius 3 is 2.60 bits per heavy atom. The van der Waals surface area contributed by atoms with Crippen molar-refractivity contribution in [2.75, 3.05) is 13.7 Å². The predicted octanol–water partition coefficient (Wildman–Crippen LogP) is 1.39. The van der Waals surface area contributed by atoms with Gasteiger partial charge in [0.15, 0.2) is 0 Å². The Labute approximate surface area is 61.6 Å². The molecule has 1 fully saturated rings. The summed E-state index contributed by atoms with van der Waals surface area (Å²) in [5.74, 6) is 1.06. The van der Waals surface area contributed by atoms with Gasteiger partial charge in [0, 0.05) is 26.6 Å². The molecule has 1 aliphatic carbocycles. The quantitative estimate of drug-likeness (QED) is 0.582. The summed E-state index contributed by atoms with van der Waals surface area (Å²) in [5, 5.41) is 0. The highest BCUT2D eigenvalue weighted by Crippen LogP contribution is 2.20. The largest absolute Gasteiger partial charge is 0.384 e. The lowest BCUT2D eigenvalue weighted by Crippen LogP contribution is -2.17. The molecule has 0 bridgehead atoms.